The van der Waals surface area contributed by atoms with Gasteiger partial charge < -0.3 is 34.0 Å². The molecular weight excluding hydrogens is 404 g/mol. The SMILES string of the molecule is CC(C)C[n+]1ccc(-c2cc[n+](CC(C)C)cc2)cc1.[Br-].[Br-]. The van der Waals surface area contributed by atoms with Crippen molar-refractivity contribution in [1.82, 2.24) is 0 Å². The average molecular weight is 430 g/mol. The lowest BCUT2D eigenvalue weighted by Crippen LogP contribution is -3.00. The number of aromatic nitrogens is 2. The van der Waals surface area contributed by atoms with Crippen LogP contribution in [0.5, 0.6) is 0 Å². The van der Waals surface area contributed by atoms with Crippen molar-refractivity contribution >= 4 is 0 Å². The van der Waals surface area contributed by atoms with Crippen LogP contribution in [0.3, 0.4) is 0 Å². The predicted octanol–water partition coefficient (Wildman–Crippen LogP) is -2.75. The average Bonchev–Trinajstić information content (AvgIpc) is 2.39. The van der Waals surface area contributed by atoms with Gasteiger partial charge in [-0.2, -0.15) is 0 Å². The van der Waals surface area contributed by atoms with Gasteiger partial charge >= 0.3 is 0 Å². The van der Waals surface area contributed by atoms with E-state index in [0.717, 1.165) is 13.1 Å². The maximum absolute atomic E-state index is 2.25. The first-order valence-corrected chi connectivity index (χ1v) is 7.53. The maximum atomic E-state index is 2.25. The third kappa shape index (κ3) is 6.57. The van der Waals surface area contributed by atoms with E-state index in [9.17, 15) is 0 Å². The highest BCUT2D eigenvalue weighted by Crippen LogP contribution is 2.15. The van der Waals surface area contributed by atoms with Gasteiger partial charge in [-0.3, -0.25) is 0 Å². The van der Waals surface area contributed by atoms with Gasteiger partial charge in [-0.15, -0.1) is 0 Å². The van der Waals surface area contributed by atoms with Crippen molar-refractivity contribution in [3.63, 3.8) is 0 Å². The van der Waals surface area contributed by atoms with Crippen LogP contribution in [0.2, 0.25) is 0 Å². The Hall–Kier alpha value is -0.740. The zero-order valence-corrected chi connectivity index (χ0v) is 17.0. The van der Waals surface area contributed by atoms with Gasteiger partial charge in [0.25, 0.3) is 0 Å². The van der Waals surface area contributed by atoms with E-state index in [0.29, 0.717) is 11.8 Å². The summed E-state index contributed by atoms with van der Waals surface area (Å²) in [4.78, 5) is 0. The molecule has 0 aliphatic rings. The summed E-state index contributed by atoms with van der Waals surface area (Å²) in [5.41, 5.74) is 2.56. The Morgan fingerprint density at radius 1 is 0.636 bits per heavy atom. The van der Waals surface area contributed by atoms with Gasteiger partial charge in [0.1, 0.15) is 0 Å². The molecule has 0 spiro atoms. The van der Waals surface area contributed by atoms with Crippen LogP contribution in [0, 0.1) is 11.8 Å². The molecule has 0 aromatic carbocycles. The van der Waals surface area contributed by atoms with Crippen LogP contribution in [0.1, 0.15) is 27.7 Å². The van der Waals surface area contributed by atoms with Crippen LogP contribution in [0.25, 0.3) is 11.1 Å². The first-order chi connectivity index (χ1) is 9.54. The number of rotatable bonds is 5. The highest BCUT2D eigenvalue weighted by atomic mass is 79.9. The van der Waals surface area contributed by atoms with E-state index in [1.165, 1.54) is 11.1 Å². The minimum absolute atomic E-state index is 0. The molecule has 0 amide bonds. The zero-order chi connectivity index (χ0) is 14.5. The Balaban J connectivity index is 0.00000220. The molecule has 0 fully saturated rings. The van der Waals surface area contributed by atoms with Crippen molar-refractivity contribution in [2.24, 2.45) is 11.8 Å². The number of pyridine rings is 2. The molecule has 2 heterocycles. The van der Waals surface area contributed by atoms with Gasteiger partial charge in [0.2, 0.25) is 0 Å². The first-order valence-electron chi connectivity index (χ1n) is 7.53. The molecular formula is C18H26Br2N2. The fraction of sp³-hybridized carbons (Fsp3) is 0.444. The van der Waals surface area contributed by atoms with Crippen LogP contribution < -0.4 is 43.1 Å². The Bertz CT molecular complexity index is 483. The lowest BCUT2D eigenvalue weighted by molar-refractivity contribution is -0.702. The summed E-state index contributed by atoms with van der Waals surface area (Å²) in [6.07, 6.45) is 8.68. The highest BCUT2D eigenvalue weighted by molar-refractivity contribution is 5.60. The monoisotopic (exact) mass is 428 g/mol. The van der Waals surface area contributed by atoms with Crippen LogP contribution in [0.4, 0.5) is 0 Å². The molecule has 22 heavy (non-hydrogen) atoms. The van der Waals surface area contributed by atoms with E-state index in [-0.39, 0.29) is 34.0 Å². The van der Waals surface area contributed by atoms with E-state index in [4.69, 9.17) is 0 Å². The quantitative estimate of drug-likeness (QED) is 0.455. The van der Waals surface area contributed by atoms with Crippen molar-refractivity contribution in [1.29, 1.82) is 0 Å². The molecule has 0 N–H and O–H groups in total. The standard InChI is InChI=1S/C18H26N2.2BrH/c1-15(2)13-19-9-5-17(6-10-19)18-7-11-20(12-8-18)14-16(3)4;;/h5-12,15-16H,13-14H2,1-4H3;2*1H/q+2;;/p-2. The largest absolute Gasteiger partial charge is 1.00 e. The van der Waals surface area contributed by atoms with Crippen molar-refractivity contribution in [2.75, 3.05) is 0 Å². The Morgan fingerprint density at radius 2 is 0.909 bits per heavy atom. The zero-order valence-electron chi connectivity index (χ0n) is 13.8. The summed E-state index contributed by atoms with van der Waals surface area (Å²) in [6, 6.07) is 8.80. The van der Waals surface area contributed by atoms with Gasteiger partial charge in [-0.05, 0) is 11.1 Å². The number of hydrogen-bond acceptors (Lipinski definition) is 0. The van der Waals surface area contributed by atoms with E-state index in [1.54, 1.807) is 0 Å². The first kappa shape index (κ1) is 21.3. The normalized spacial score (nSPS) is 10.3. The van der Waals surface area contributed by atoms with E-state index < -0.39 is 0 Å². The Morgan fingerprint density at radius 3 is 1.14 bits per heavy atom. The van der Waals surface area contributed by atoms with E-state index >= 15 is 0 Å². The molecule has 0 aliphatic carbocycles. The molecule has 122 valence electrons. The van der Waals surface area contributed by atoms with Gasteiger partial charge in [0.05, 0.1) is 0 Å². The summed E-state index contributed by atoms with van der Waals surface area (Å²) in [6.45, 7) is 11.1. The molecule has 0 saturated heterocycles. The van der Waals surface area contributed by atoms with Crippen molar-refractivity contribution in [3.05, 3.63) is 49.1 Å². The van der Waals surface area contributed by atoms with E-state index in [2.05, 4.69) is 85.9 Å². The number of halogens is 2. The van der Waals surface area contributed by atoms with Crippen LogP contribution >= 0.6 is 0 Å². The molecule has 2 aromatic rings. The van der Waals surface area contributed by atoms with Crippen molar-refractivity contribution in [3.8, 4) is 11.1 Å². The number of hydrogen-bond donors (Lipinski definition) is 0. The van der Waals surface area contributed by atoms with Gasteiger partial charge in [-0.25, -0.2) is 9.13 Å². The molecule has 0 radical (unpaired) electrons. The van der Waals surface area contributed by atoms with Gasteiger partial charge in [0, 0.05) is 36.1 Å². The lowest BCUT2D eigenvalue weighted by atomic mass is 10.1. The minimum atomic E-state index is 0. The second-order valence-electron chi connectivity index (χ2n) is 6.35. The number of nitrogens with zero attached hydrogens (tertiary/aromatic N) is 2. The topological polar surface area (TPSA) is 7.76 Å². The van der Waals surface area contributed by atoms with Gasteiger partial charge in [-0.1, -0.05) is 27.7 Å². The third-order valence-electron chi connectivity index (χ3n) is 3.27. The minimum Gasteiger partial charge on any atom is -1.00 e. The van der Waals surface area contributed by atoms with E-state index in [1.807, 2.05) is 0 Å². The molecule has 0 saturated carbocycles. The summed E-state index contributed by atoms with van der Waals surface area (Å²) in [5, 5.41) is 0. The maximum Gasteiger partial charge on any atom is 0.169 e. The summed E-state index contributed by atoms with van der Waals surface area (Å²) in [7, 11) is 0. The highest BCUT2D eigenvalue weighted by Gasteiger charge is 2.07. The lowest BCUT2D eigenvalue weighted by Gasteiger charge is -2.03. The van der Waals surface area contributed by atoms with Crippen LogP contribution in [-0.4, -0.2) is 0 Å². The Kier molecular flexibility index (Phi) is 9.77. The fourth-order valence-electron chi connectivity index (χ4n) is 2.39. The van der Waals surface area contributed by atoms with Crippen LogP contribution in [0.15, 0.2) is 49.1 Å². The molecule has 2 nitrogen and oxygen atoms in total. The summed E-state index contributed by atoms with van der Waals surface area (Å²) >= 11 is 0. The third-order valence-corrected chi connectivity index (χ3v) is 3.27. The van der Waals surface area contributed by atoms with Crippen molar-refractivity contribution in [2.45, 2.75) is 40.8 Å². The fourth-order valence-corrected chi connectivity index (χ4v) is 2.39. The Labute approximate surface area is 155 Å². The van der Waals surface area contributed by atoms with Crippen LogP contribution in [-0.2, 0) is 13.1 Å². The molecule has 2 aromatic heterocycles. The molecule has 0 atom stereocenters. The van der Waals surface area contributed by atoms with Gasteiger partial charge in [0.15, 0.2) is 37.9 Å². The molecule has 0 unspecified atom stereocenters. The molecule has 0 bridgehead atoms. The molecule has 4 heteroatoms. The molecule has 2 rings (SSSR count). The smallest absolute Gasteiger partial charge is 0.169 e. The van der Waals surface area contributed by atoms with Crippen molar-refractivity contribution < 1.29 is 43.1 Å². The molecule has 0 aliphatic heterocycles. The summed E-state index contributed by atoms with van der Waals surface area (Å²) in [5.74, 6) is 1.36. The second kappa shape index (κ2) is 10.1. The summed E-state index contributed by atoms with van der Waals surface area (Å²) < 4.78 is 4.49. The second-order valence-corrected chi connectivity index (χ2v) is 6.35. The predicted molar refractivity (Wildman–Crippen MR) is 81.9 cm³/mol.